The van der Waals surface area contributed by atoms with E-state index in [0.29, 0.717) is 6.42 Å². The summed E-state index contributed by atoms with van der Waals surface area (Å²) in [6.07, 6.45) is 6.32. The maximum Gasteiger partial charge on any atom is 0.324 e. The molecular weight excluding hydrogens is 154 g/mol. The molecule has 2 rings (SSSR count). The van der Waals surface area contributed by atoms with Crippen LogP contribution < -0.4 is 5.73 Å². The summed E-state index contributed by atoms with van der Waals surface area (Å²) in [6.45, 7) is 0. The van der Waals surface area contributed by atoms with Gasteiger partial charge in [-0.2, -0.15) is 0 Å². The second-order valence-corrected chi connectivity index (χ2v) is 4.29. The van der Waals surface area contributed by atoms with Crippen molar-refractivity contribution in [3.8, 4) is 0 Å². The second-order valence-electron chi connectivity index (χ2n) is 4.29. The molecule has 0 amide bonds. The molecular formula is C9H15NO2. The zero-order valence-corrected chi connectivity index (χ0v) is 7.18. The molecule has 2 aliphatic carbocycles. The fourth-order valence-corrected chi connectivity index (χ4v) is 2.64. The Morgan fingerprint density at radius 3 is 2.25 bits per heavy atom. The number of nitrogens with two attached hydrogens (primary N) is 1. The largest absolute Gasteiger partial charge is 0.480 e. The van der Waals surface area contributed by atoms with Gasteiger partial charge < -0.3 is 10.8 Å². The van der Waals surface area contributed by atoms with Crippen molar-refractivity contribution >= 4 is 5.97 Å². The number of carboxylic acid groups (broad SMARTS) is 1. The first-order valence-electron chi connectivity index (χ1n) is 4.63. The first kappa shape index (κ1) is 8.05. The number of hydrogen-bond acceptors (Lipinski definition) is 2. The lowest BCUT2D eigenvalue weighted by atomic mass is 9.83. The van der Waals surface area contributed by atoms with Crippen LogP contribution in [0.25, 0.3) is 0 Å². The Kier molecular flexibility index (Phi) is 1.49. The third-order valence-electron chi connectivity index (χ3n) is 3.63. The molecule has 3 N–H and O–H groups in total. The van der Waals surface area contributed by atoms with Gasteiger partial charge in [0, 0.05) is 5.41 Å². The van der Waals surface area contributed by atoms with Gasteiger partial charge in [0.1, 0.15) is 5.54 Å². The molecule has 68 valence electrons. The Hall–Kier alpha value is -0.570. The van der Waals surface area contributed by atoms with Crippen LogP contribution in [0, 0.1) is 5.41 Å². The van der Waals surface area contributed by atoms with Gasteiger partial charge >= 0.3 is 5.97 Å². The smallest absolute Gasteiger partial charge is 0.324 e. The standard InChI is InChI=1S/C9H15NO2/c10-9(7(11)12)6-8(9)4-2-1-3-5-8/h1-6,10H2,(H,11,12)/t9-/m1/s1. The molecule has 0 unspecified atom stereocenters. The quantitative estimate of drug-likeness (QED) is 0.618. The molecule has 0 saturated heterocycles. The highest BCUT2D eigenvalue weighted by Crippen LogP contribution is 2.62. The summed E-state index contributed by atoms with van der Waals surface area (Å²) in [5, 5.41) is 8.90. The third-order valence-corrected chi connectivity index (χ3v) is 3.63. The SMILES string of the molecule is N[C@@]1(C(=O)O)CC12CCCCC2. The van der Waals surface area contributed by atoms with Crippen LogP contribution in [0.5, 0.6) is 0 Å². The Morgan fingerprint density at radius 2 is 1.83 bits per heavy atom. The Balaban J connectivity index is 2.12. The summed E-state index contributed by atoms with van der Waals surface area (Å²) in [4.78, 5) is 10.8. The fourth-order valence-electron chi connectivity index (χ4n) is 2.64. The van der Waals surface area contributed by atoms with Crippen LogP contribution in [0.1, 0.15) is 38.5 Å². The average molecular weight is 169 g/mol. The van der Waals surface area contributed by atoms with E-state index in [1.807, 2.05) is 0 Å². The summed E-state index contributed by atoms with van der Waals surface area (Å²) in [5.41, 5.74) is 4.92. The summed E-state index contributed by atoms with van der Waals surface area (Å²) in [7, 11) is 0. The number of aliphatic carboxylic acids is 1. The first-order valence-corrected chi connectivity index (χ1v) is 4.63. The second kappa shape index (κ2) is 2.22. The van der Waals surface area contributed by atoms with Crippen molar-refractivity contribution < 1.29 is 9.90 Å². The van der Waals surface area contributed by atoms with E-state index in [0.717, 1.165) is 25.7 Å². The lowest BCUT2D eigenvalue weighted by Gasteiger charge is -2.24. The maximum absolute atomic E-state index is 10.8. The Labute approximate surface area is 71.9 Å². The van der Waals surface area contributed by atoms with Gasteiger partial charge in [0.2, 0.25) is 0 Å². The molecule has 3 nitrogen and oxygen atoms in total. The van der Waals surface area contributed by atoms with E-state index < -0.39 is 11.5 Å². The minimum absolute atomic E-state index is 0.0168. The molecule has 2 aliphatic rings. The van der Waals surface area contributed by atoms with Crippen LogP contribution in [-0.4, -0.2) is 16.6 Å². The molecule has 0 aromatic carbocycles. The van der Waals surface area contributed by atoms with Gasteiger partial charge in [-0.1, -0.05) is 19.3 Å². The van der Waals surface area contributed by atoms with Gasteiger partial charge in [-0.25, -0.2) is 0 Å². The highest BCUT2D eigenvalue weighted by atomic mass is 16.4. The zero-order chi connectivity index (χ0) is 8.82. The number of carbonyl (C=O) groups is 1. The molecule has 0 bridgehead atoms. The molecule has 0 aliphatic heterocycles. The molecule has 0 radical (unpaired) electrons. The van der Waals surface area contributed by atoms with Crippen molar-refractivity contribution in [1.29, 1.82) is 0 Å². The van der Waals surface area contributed by atoms with E-state index in [2.05, 4.69) is 0 Å². The number of carboxylic acids is 1. The number of hydrogen-bond donors (Lipinski definition) is 2. The third kappa shape index (κ3) is 0.829. The molecule has 1 spiro atoms. The molecule has 2 saturated carbocycles. The van der Waals surface area contributed by atoms with Crippen molar-refractivity contribution in [3.05, 3.63) is 0 Å². The topological polar surface area (TPSA) is 63.3 Å². The van der Waals surface area contributed by atoms with Crippen molar-refractivity contribution in [1.82, 2.24) is 0 Å². The van der Waals surface area contributed by atoms with Crippen LogP contribution in [0.15, 0.2) is 0 Å². The minimum Gasteiger partial charge on any atom is -0.480 e. The Bertz CT molecular complexity index is 221. The highest BCUT2D eigenvalue weighted by Gasteiger charge is 2.69. The van der Waals surface area contributed by atoms with E-state index >= 15 is 0 Å². The van der Waals surface area contributed by atoms with Gasteiger partial charge in [0.25, 0.3) is 0 Å². The monoisotopic (exact) mass is 169 g/mol. The molecule has 3 heteroatoms. The van der Waals surface area contributed by atoms with E-state index in [1.54, 1.807) is 0 Å². The van der Waals surface area contributed by atoms with E-state index in [9.17, 15) is 4.79 Å². The van der Waals surface area contributed by atoms with Gasteiger partial charge in [0.05, 0.1) is 0 Å². The van der Waals surface area contributed by atoms with Crippen LogP contribution in [-0.2, 0) is 4.79 Å². The maximum atomic E-state index is 10.8. The van der Waals surface area contributed by atoms with Crippen molar-refractivity contribution in [2.45, 2.75) is 44.1 Å². The lowest BCUT2D eigenvalue weighted by molar-refractivity contribution is -0.141. The minimum atomic E-state index is -0.868. The summed E-state index contributed by atoms with van der Waals surface area (Å²) in [5.74, 6) is -0.801. The predicted molar refractivity (Wildman–Crippen MR) is 44.7 cm³/mol. The molecule has 2 fully saturated rings. The molecule has 1 atom stereocenters. The average Bonchev–Trinajstić information content (AvgIpc) is 2.59. The van der Waals surface area contributed by atoms with E-state index in [-0.39, 0.29) is 5.41 Å². The van der Waals surface area contributed by atoms with Gasteiger partial charge in [-0.05, 0) is 19.3 Å². The van der Waals surface area contributed by atoms with Crippen LogP contribution in [0.3, 0.4) is 0 Å². The molecule has 0 aromatic heterocycles. The van der Waals surface area contributed by atoms with Crippen molar-refractivity contribution in [2.75, 3.05) is 0 Å². The normalized spacial score (nSPS) is 38.1. The van der Waals surface area contributed by atoms with Crippen molar-refractivity contribution in [2.24, 2.45) is 11.1 Å². The summed E-state index contributed by atoms with van der Waals surface area (Å²) >= 11 is 0. The highest BCUT2D eigenvalue weighted by molar-refractivity contribution is 5.84. The molecule has 0 heterocycles. The fraction of sp³-hybridized carbons (Fsp3) is 0.889. The Morgan fingerprint density at radius 1 is 1.25 bits per heavy atom. The van der Waals surface area contributed by atoms with E-state index in [1.165, 1.54) is 6.42 Å². The zero-order valence-electron chi connectivity index (χ0n) is 7.18. The molecule has 0 aromatic rings. The van der Waals surface area contributed by atoms with E-state index in [4.69, 9.17) is 10.8 Å². The van der Waals surface area contributed by atoms with Gasteiger partial charge in [-0.3, -0.25) is 4.79 Å². The van der Waals surface area contributed by atoms with Crippen LogP contribution in [0.4, 0.5) is 0 Å². The summed E-state index contributed by atoms with van der Waals surface area (Å²) < 4.78 is 0. The molecule has 12 heavy (non-hydrogen) atoms. The first-order chi connectivity index (χ1) is 5.61. The van der Waals surface area contributed by atoms with Crippen molar-refractivity contribution in [3.63, 3.8) is 0 Å². The lowest BCUT2D eigenvalue weighted by Crippen LogP contribution is -2.40. The van der Waals surface area contributed by atoms with Crippen LogP contribution >= 0.6 is 0 Å². The predicted octanol–water partition coefficient (Wildman–Crippen LogP) is 1.12. The van der Waals surface area contributed by atoms with Gasteiger partial charge in [0.15, 0.2) is 0 Å². The summed E-state index contributed by atoms with van der Waals surface area (Å²) in [6, 6.07) is 0. The van der Waals surface area contributed by atoms with Crippen LogP contribution in [0.2, 0.25) is 0 Å². The number of rotatable bonds is 1. The van der Waals surface area contributed by atoms with Gasteiger partial charge in [-0.15, -0.1) is 0 Å².